The Kier molecular flexibility index (Phi) is 4.80. The molecule has 0 saturated heterocycles. The highest BCUT2D eigenvalue weighted by Gasteiger charge is 2.18. The number of aryl methyl sites for hydroxylation is 1. The molecular formula is C12H15BrO3. The number of carboxylic acid groups (broad SMARTS) is 1. The van der Waals surface area contributed by atoms with Crippen LogP contribution in [-0.4, -0.2) is 17.2 Å². The predicted molar refractivity (Wildman–Crippen MR) is 65.8 cm³/mol. The Labute approximate surface area is 104 Å². The lowest BCUT2D eigenvalue weighted by Gasteiger charge is -2.14. The zero-order valence-electron chi connectivity index (χ0n) is 9.37. The smallest absolute Gasteiger partial charge is 0.344 e. The molecule has 1 N–H and O–H groups in total. The first kappa shape index (κ1) is 13.0. The molecule has 16 heavy (non-hydrogen) atoms. The fourth-order valence-corrected chi connectivity index (χ4v) is 1.60. The first-order valence-electron chi connectivity index (χ1n) is 5.20. The van der Waals surface area contributed by atoms with E-state index in [-0.39, 0.29) is 0 Å². The van der Waals surface area contributed by atoms with E-state index in [1.54, 1.807) is 6.07 Å². The third-order valence-corrected chi connectivity index (χ3v) is 3.12. The third kappa shape index (κ3) is 3.52. The van der Waals surface area contributed by atoms with Crippen molar-refractivity contribution in [2.45, 2.75) is 32.8 Å². The summed E-state index contributed by atoms with van der Waals surface area (Å²) in [6, 6.07) is 5.45. The second-order valence-electron chi connectivity index (χ2n) is 3.64. The maximum Gasteiger partial charge on any atom is 0.344 e. The number of carbonyl (C=O) groups is 1. The van der Waals surface area contributed by atoms with E-state index in [1.807, 2.05) is 26.0 Å². The molecule has 0 aromatic heterocycles. The molecule has 4 heteroatoms. The van der Waals surface area contributed by atoms with Crippen LogP contribution in [0.4, 0.5) is 0 Å². The van der Waals surface area contributed by atoms with Crippen molar-refractivity contribution in [3.05, 3.63) is 28.2 Å². The number of aliphatic carboxylic acids is 1. The average molecular weight is 287 g/mol. The van der Waals surface area contributed by atoms with E-state index in [0.29, 0.717) is 12.2 Å². The zero-order chi connectivity index (χ0) is 12.1. The third-order valence-electron chi connectivity index (χ3n) is 2.23. The molecule has 0 heterocycles. The van der Waals surface area contributed by atoms with E-state index in [2.05, 4.69) is 15.9 Å². The average Bonchev–Trinajstić information content (AvgIpc) is 2.22. The van der Waals surface area contributed by atoms with E-state index in [9.17, 15) is 4.79 Å². The quantitative estimate of drug-likeness (QED) is 0.903. The number of rotatable bonds is 5. The van der Waals surface area contributed by atoms with E-state index in [1.165, 1.54) is 0 Å². The molecular weight excluding hydrogens is 272 g/mol. The summed E-state index contributed by atoms with van der Waals surface area (Å²) in [5.74, 6) is -0.316. The lowest BCUT2D eigenvalue weighted by atomic mass is 10.2. The highest BCUT2D eigenvalue weighted by atomic mass is 79.9. The Hall–Kier alpha value is -1.03. The SMILES string of the molecule is CCCC(Oc1ccc(Br)c(C)c1)C(=O)O. The molecule has 0 amide bonds. The van der Waals surface area contributed by atoms with Crippen LogP contribution in [0.3, 0.4) is 0 Å². The molecule has 0 fully saturated rings. The van der Waals surface area contributed by atoms with Crippen molar-refractivity contribution in [1.82, 2.24) is 0 Å². The summed E-state index contributed by atoms with van der Waals surface area (Å²) in [5, 5.41) is 8.96. The minimum atomic E-state index is -0.914. The minimum Gasteiger partial charge on any atom is -0.479 e. The van der Waals surface area contributed by atoms with Gasteiger partial charge in [0, 0.05) is 4.47 Å². The molecule has 0 aliphatic heterocycles. The van der Waals surface area contributed by atoms with E-state index < -0.39 is 12.1 Å². The minimum absolute atomic E-state index is 0.518. The standard InChI is InChI=1S/C12H15BrO3/c1-3-4-11(12(14)15)16-9-5-6-10(13)8(2)7-9/h5-7,11H,3-4H2,1-2H3,(H,14,15). The number of halogens is 1. The molecule has 1 atom stereocenters. The van der Waals surface area contributed by atoms with Crippen LogP contribution in [0, 0.1) is 6.92 Å². The largest absolute Gasteiger partial charge is 0.479 e. The van der Waals surface area contributed by atoms with Crippen molar-refractivity contribution < 1.29 is 14.6 Å². The molecule has 88 valence electrons. The lowest BCUT2D eigenvalue weighted by molar-refractivity contribution is -0.145. The summed E-state index contributed by atoms with van der Waals surface area (Å²) in [5.41, 5.74) is 1.03. The van der Waals surface area contributed by atoms with Gasteiger partial charge in [-0.1, -0.05) is 29.3 Å². The summed E-state index contributed by atoms with van der Waals surface area (Å²) in [6.45, 7) is 3.87. The van der Waals surface area contributed by atoms with Gasteiger partial charge in [0.05, 0.1) is 0 Å². The Morgan fingerprint density at radius 3 is 2.75 bits per heavy atom. The molecule has 0 bridgehead atoms. The van der Waals surface area contributed by atoms with E-state index >= 15 is 0 Å². The molecule has 3 nitrogen and oxygen atoms in total. The first-order chi connectivity index (χ1) is 7.54. The predicted octanol–water partition coefficient (Wildman–Crippen LogP) is 3.39. The molecule has 0 saturated carbocycles. The number of ether oxygens (including phenoxy) is 1. The number of benzene rings is 1. The van der Waals surface area contributed by atoms with Crippen molar-refractivity contribution in [2.75, 3.05) is 0 Å². The van der Waals surface area contributed by atoms with E-state index in [0.717, 1.165) is 16.5 Å². The summed E-state index contributed by atoms with van der Waals surface area (Å²) in [4.78, 5) is 10.9. The van der Waals surface area contributed by atoms with Crippen LogP contribution in [0.15, 0.2) is 22.7 Å². The normalized spacial score (nSPS) is 12.2. The van der Waals surface area contributed by atoms with Gasteiger partial charge in [-0.25, -0.2) is 4.79 Å². The van der Waals surface area contributed by atoms with Gasteiger partial charge in [-0.15, -0.1) is 0 Å². The molecule has 1 aromatic rings. The van der Waals surface area contributed by atoms with Crippen molar-refractivity contribution in [2.24, 2.45) is 0 Å². The van der Waals surface area contributed by atoms with Crippen LogP contribution >= 0.6 is 15.9 Å². The number of hydrogen-bond donors (Lipinski definition) is 1. The molecule has 0 aliphatic carbocycles. The molecule has 1 rings (SSSR count). The summed E-state index contributed by atoms with van der Waals surface area (Å²) < 4.78 is 6.42. The van der Waals surface area contributed by atoms with Gasteiger partial charge in [0.1, 0.15) is 5.75 Å². The highest BCUT2D eigenvalue weighted by Crippen LogP contribution is 2.23. The summed E-state index contributed by atoms with van der Waals surface area (Å²) >= 11 is 3.38. The van der Waals surface area contributed by atoms with Crippen molar-refractivity contribution in [3.8, 4) is 5.75 Å². The van der Waals surface area contributed by atoms with E-state index in [4.69, 9.17) is 9.84 Å². The maximum absolute atomic E-state index is 10.9. The topological polar surface area (TPSA) is 46.5 Å². The van der Waals surface area contributed by atoms with Gasteiger partial charge in [-0.3, -0.25) is 0 Å². The van der Waals surface area contributed by atoms with Gasteiger partial charge < -0.3 is 9.84 Å². The second-order valence-corrected chi connectivity index (χ2v) is 4.50. The highest BCUT2D eigenvalue weighted by molar-refractivity contribution is 9.10. The summed E-state index contributed by atoms with van der Waals surface area (Å²) in [7, 11) is 0. The Morgan fingerprint density at radius 2 is 2.25 bits per heavy atom. The summed E-state index contributed by atoms with van der Waals surface area (Å²) in [6.07, 6.45) is 0.544. The van der Waals surface area contributed by atoms with Crippen LogP contribution in [0.25, 0.3) is 0 Å². The van der Waals surface area contributed by atoms with Gasteiger partial charge in [0.15, 0.2) is 6.10 Å². The van der Waals surface area contributed by atoms with Crippen molar-refractivity contribution in [3.63, 3.8) is 0 Å². The molecule has 1 aromatic carbocycles. The van der Waals surface area contributed by atoms with Crippen molar-refractivity contribution in [1.29, 1.82) is 0 Å². The van der Waals surface area contributed by atoms with Crippen molar-refractivity contribution >= 4 is 21.9 Å². The van der Waals surface area contributed by atoms with Gasteiger partial charge in [-0.2, -0.15) is 0 Å². The molecule has 1 unspecified atom stereocenters. The molecule has 0 aliphatic rings. The fraction of sp³-hybridized carbons (Fsp3) is 0.417. The Bertz CT molecular complexity index is 377. The van der Waals surface area contributed by atoms with Gasteiger partial charge in [0.25, 0.3) is 0 Å². The first-order valence-corrected chi connectivity index (χ1v) is 5.99. The fourth-order valence-electron chi connectivity index (χ4n) is 1.35. The number of hydrogen-bond acceptors (Lipinski definition) is 2. The molecule has 0 radical (unpaired) electrons. The lowest BCUT2D eigenvalue weighted by Crippen LogP contribution is -2.26. The molecule has 0 spiro atoms. The second kappa shape index (κ2) is 5.89. The maximum atomic E-state index is 10.9. The monoisotopic (exact) mass is 286 g/mol. The number of carboxylic acids is 1. The van der Waals surface area contributed by atoms with Crippen LogP contribution in [0.1, 0.15) is 25.3 Å². The van der Waals surface area contributed by atoms with Crippen LogP contribution in [-0.2, 0) is 4.79 Å². The van der Waals surface area contributed by atoms with Crippen LogP contribution < -0.4 is 4.74 Å². The van der Waals surface area contributed by atoms with Crippen LogP contribution in [0.5, 0.6) is 5.75 Å². The van der Waals surface area contributed by atoms with Gasteiger partial charge in [0.2, 0.25) is 0 Å². The zero-order valence-corrected chi connectivity index (χ0v) is 11.0. The Balaban J connectivity index is 2.77. The van der Waals surface area contributed by atoms with Gasteiger partial charge in [-0.05, 0) is 37.1 Å². The van der Waals surface area contributed by atoms with Gasteiger partial charge >= 0.3 is 5.97 Å². The Morgan fingerprint density at radius 1 is 1.56 bits per heavy atom. The van der Waals surface area contributed by atoms with Crippen LogP contribution in [0.2, 0.25) is 0 Å².